The van der Waals surface area contributed by atoms with Gasteiger partial charge < -0.3 is 10.6 Å². The molecule has 2 aromatic heterocycles. The number of carbonyl (C=O) groups is 2. The summed E-state index contributed by atoms with van der Waals surface area (Å²) in [5, 5.41) is 10.6. The van der Waals surface area contributed by atoms with Crippen LogP contribution in [-0.2, 0) is 29.6 Å². The van der Waals surface area contributed by atoms with Crippen molar-refractivity contribution in [2.45, 2.75) is 65.0 Å². The average molecular weight is 398 g/mol. The predicted octanol–water partition coefficient (Wildman–Crippen LogP) is 2.36. The van der Waals surface area contributed by atoms with Crippen LogP contribution in [0.5, 0.6) is 0 Å². The highest BCUT2D eigenvalue weighted by Gasteiger charge is 2.27. The lowest BCUT2D eigenvalue weighted by molar-refractivity contribution is -0.126. The summed E-state index contributed by atoms with van der Waals surface area (Å²) in [6.07, 6.45) is 7.99. The Morgan fingerprint density at radius 1 is 1.21 bits per heavy atom. The zero-order chi connectivity index (χ0) is 20.8. The Morgan fingerprint density at radius 3 is 2.59 bits per heavy atom. The first kappa shape index (κ1) is 21.0. The second-order valence-electron chi connectivity index (χ2n) is 7.97. The molecule has 1 fully saturated rings. The molecule has 0 unspecified atom stereocenters. The molecule has 0 aromatic carbocycles. The molecule has 7 nitrogen and oxygen atoms in total. The molecule has 2 heterocycles. The van der Waals surface area contributed by atoms with E-state index in [0.29, 0.717) is 19.4 Å². The first-order valence-electron chi connectivity index (χ1n) is 10.4. The van der Waals surface area contributed by atoms with E-state index in [-0.39, 0.29) is 23.8 Å². The molecule has 29 heavy (non-hydrogen) atoms. The minimum Gasteiger partial charge on any atom is -0.353 e. The summed E-state index contributed by atoms with van der Waals surface area (Å²) in [5.41, 5.74) is 4.28. The van der Waals surface area contributed by atoms with Gasteiger partial charge in [0, 0.05) is 50.1 Å². The Labute approximate surface area is 172 Å². The first-order chi connectivity index (χ1) is 13.9. The lowest BCUT2D eigenvalue weighted by Gasteiger charge is -2.28. The number of hydrogen-bond donors (Lipinski definition) is 2. The van der Waals surface area contributed by atoms with Gasteiger partial charge in [-0.1, -0.05) is 6.07 Å². The van der Waals surface area contributed by atoms with E-state index in [1.165, 1.54) is 0 Å². The normalized spacial score (nSPS) is 19.0. The van der Waals surface area contributed by atoms with Crippen LogP contribution in [0.4, 0.5) is 0 Å². The van der Waals surface area contributed by atoms with Crippen molar-refractivity contribution in [1.29, 1.82) is 0 Å². The monoisotopic (exact) mass is 397 g/mol. The lowest BCUT2D eigenvalue weighted by Crippen LogP contribution is -2.40. The summed E-state index contributed by atoms with van der Waals surface area (Å²) in [4.78, 5) is 28.8. The number of amides is 2. The molecule has 0 bridgehead atoms. The lowest BCUT2D eigenvalue weighted by atomic mass is 9.85. The smallest absolute Gasteiger partial charge is 0.223 e. The Bertz CT molecular complexity index is 838. The highest BCUT2D eigenvalue weighted by atomic mass is 16.2. The van der Waals surface area contributed by atoms with Crippen molar-refractivity contribution in [3.63, 3.8) is 0 Å². The summed E-state index contributed by atoms with van der Waals surface area (Å²) in [6, 6.07) is 3.99. The van der Waals surface area contributed by atoms with Crippen LogP contribution in [0.15, 0.2) is 24.5 Å². The van der Waals surface area contributed by atoms with Crippen LogP contribution >= 0.6 is 0 Å². The maximum Gasteiger partial charge on any atom is 0.223 e. The molecular formula is C22H31N5O2. The van der Waals surface area contributed by atoms with Crippen LogP contribution in [0.2, 0.25) is 0 Å². The second-order valence-corrected chi connectivity index (χ2v) is 7.97. The first-order valence-corrected chi connectivity index (χ1v) is 10.4. The van der Waals surface area contributed by atoms with Gasteiger partial charge in [0.05, 0.1) is 5.69 Å². The van der Waals surface area contributed by atoms with E-state index in [1.54, 1.807) is 12.4 Å². The molecule has 0 atom stereocenters. The van der Waals surface area contributed by atoms with Crippen LogP contribution in [0.1, 0.15) is 54.6 Å². The number of nitrogens with zero attached hydrogens (tertiary/aromatic N) is 3. The summed E-state index contributed by atoms with van der Waals surface area (Å²) in [6.45, 7) is 4.53. The van der Waals surface area contributed by atoms with Crippen molar-refractivity contribution in [2.75, 3.05) is 0 Å². The Balaban J connectivity index is 1.37. The molecule has 1 aliphatic carbocycles. The number of hydrogen-bond acceptors (Lipinski definition) is 4. The van der Waals surface area contributed by atoms with Crippen molar-refractivity contribution < 1.29 is 9.59 Å². The molecule has 2 N–H and O–H groups in total. The largest absolute Gasteiger partial charge is 0.353 e. The van der Waals surface area contributed by atoms with Crippen LogP contribution in [0.3, 0.4) is 0 Å². The molecule has 156 valence electrons. The van der Waals surface area contributed by atoms with E-state index in [0.717, 1.165) is 48.2 Å². The van der Waals surface area contributed by atoms with Crippen molar-refractivity contribution in [1.82, 2.24) is 25.4 Å². The van der Waals surface area contributed by atoms with E-state index in [9.17, 15) is 9.59 Å². The van der Waals surface area contributed by atoms with E-state index in [1.807, 2.05) is 37.7 Å². The summed E-state index contributed by atoms with van der Waals surface area (Å²) >= 11 is 0. The third-order valence-corrected chi connectivity index (χ3v) is 5.91. The Morgan fingerprint density at radius 2 is 1.97 bits per heavy atom. The van der Waals surface area contributed by atoms with E-state index in [2.05, 4.69) is 20.7 Å². The number of aromatic nitrogens is 3. The van der Waals surface area contributed by atoms with Gasteiger partial charge in [0.2, 0.25) is 11.8 Å². The standard InChI is InChI=1S/C22H31N5O2/c1-15-20(16(2)27(3)26-15)10-11-21(28)25-19-8-6-18(7-9-19)22(29)24-14-17-5-4-12-23-13-17/h4-5,12-13,18-19H,6-11,14H2,1-3H3,(H,24,29)(H,25,28). The quantitative estimate of drug-likeness (QED) is 0.751. The predicted molar refractivity (Wildman–Crippen MR) is 111 cm³/mol. The highest BCUT2D eigenvalue weighted by molar-refractivity contribution is 5.79. The van der Waals surface area contributed by atoms with E-state index >= 15 is 0 Å². The molecule has 7 heteroatoms. The van der Waals surface area contributed by atoms with Crippen LogP contribution in [-0.4, -0.2) is 32.6 Å². The molecule has 2 aromatic rings. The molecule has 2 amide bonds. The Kier molecular flexibility index (Phi) is 7.01. The fraction of sp³-hybridized carbons (Fsp3) is 0.545. The summed E-state index contributed by atoms with van der Waals surface area (Å²) in [5.74, 6) is 0.207. The molecule has 1 saturated carbocycles. The molecule has 0 saturated heterocycles. The number of rotatable bonds is 7. The highest BCUT2D eigenvalue weighted by Crippen LogP contribution is 2.25. The van der Waals surface area contributed by atoms with Crippen LogP contribution in [0, 0.1) is 19.8 Å². The summed E-state index contributed by atoms with van der Waals surface area (Å²) < 4.78 is 1.86. The zero-order valence-electron chi connectivity index (χ0n) is 17.6. The second kappa shape index (κ2) is 9.67. The number of carbonyl (C=O) groups excluding carboxylic acids is 2. The van der Waals surface area contributed by atoms with Gasteiger partial charge in [-0.2, -0.15) is 5.10 Å². The topological polar surface area (TPSA) is 88.9 Å². The van der Waals surface area contributed by atoms with Gasteiger partial charge in [0.1, 0.15) is 0 Å². The number of pyridine rings is 1. The Hall–Kier alpha value is -2.70. The average Bonchev–Trinajstić information content (AvgIpc) is 2.97. The molecular weight excluding hydrogens is 366 g/mol. The van der Waals surface area contributed by atoms with Crippen LogP contribution in [0.25, 0.3) is 0 Å². The van der Waals surface area contributed by atoms with Gasteiger partial charge in [0.25, 0.3) is 0 Å². The van der Waals surface area contributed by atoms with Gasteiger partial charge in [0.15, 0.2) is 0 Å². The van der Waals surface area contributed by atoms with Gasteiger partial charge in [-0.15, -0.1) is 0 Å². The molecule has 0 spiro atoms. The summed E-state index contributed by atoms with van der Waals surface area (Å²) in [7, 11) is 1.93. The van der Waals surface area contributed by atoms with Crippen molar-refractivity contribution >= 4 is 11.8 Å². The minimum atomic E-state index is 0.0283. The SMILES string of the molecule is Cc1nn(C)c(C)c1CCC(=O)NC1CCC(C(=O)NCc2cccnc2)CC1. The number of aryl methyl sites for hydroxylation is 2. The van der Waals surface area contributed by atoms with Gasteiger partial charge in [-0.25, -0.2) is 0 Å². The minimum absolute atomic E-state index is 0.0283. The van der Waals surface area contributed by atoms with Gasteiger partial charge in [-0.3, -0.25) is 19.3 Å². The molecule has 3 rings (SSSR count). The maximum absolute atomic E-state index is 12.4. The van der Waals surface area contributed by atoms with Crippen molar-refractivity contribution in [2.24, 2.45) is 13.0 Å². The molecule has 0 radical (unpaired) electrons. The van der Waals surface area contributed by atoms with Crippen molar-refractivity contribution in [3.05, 3.63) is 47.0 Å². The van der Waals surface area contributed by atoms with Gasteiger partial charge in [-0.05, 0) is 63.1 Å². The van der Waals surface area contributed by atoms with E-state index in [4.69, 9.17) is 0 Å². The van der Waals surface area contributed by atoms with E-state index < -0.39 is 0 Å². The fourth-order valence-corrected chi connectivity index (χ4v) is 4.05. The zero-order valence-corrected chi connectivity index (χ0v) is 17.6. The van der Waals surface area contributed by atoms with Crippen LogP contribution < -0.4 is 10.6 Å². The van der Waals surface area contributed by atoms with Crippen molar-refractivity contribution in [3.8, 4) is 0 Å². The third kappa shape index (κ3) is 5.65. The van der Waals surface area contributed by atoms with Gasteiger partial charge >= 0.3 is 0 Å². The molecule has 1 aliphatic rings. The number of nitrogens with one attached hydrogen (secondary N) is 2. The third-order valence-electron chi connectivity index (χ3n) is 5.91. The molecule has 0 aliphatic heterocycles. The maximum atomic E-state index is 12.4. The fourth-order valence-electron chi connectivity index (χ4n) is 4.05.